The SMILES string of the molecule is C=CCc1cccc([C@H]2C3=CC[C@@H]4C(=O)N(c5ccc(C=Cc6cc(OC)ccc6OC)cc5)C(=O)[C@@H]4[C@@H]3CC3=C2C(=O)C=C(C)C3=O)c1O. The average molecular weight is 668 g/mol. The van der Waals surface area contributed by atoms with E-state index in [0.29, 0.717) is 57.9 Å². The molecule has 0 spiro atoms. The molecule has 2 amide bonds. The van der Waals surface area contributed by atoms with Crippen LogP contribution in [0.2, 0.25) is 0 Å². The zero-order valence-corrected chi connectivity index (χ0v) is 28.1. The van der Waals surface area contributed by atoms with E-state index in [4.69, 9.17) is 9.47 Å². The van der Waals surface area contributed by atoms with Crippen molar-refractivity contribution in [2.45, 2.75) is 32.1 Å². The van der Waals surface area contributed by atoms with Crippen LogP contribution >= 0.6 is 0 Å². The van der Waals surface area contributed by atoms with Gasteiger partial charge in [-0.2, -0.15) is 0 Å². The number of hydrogen-bond donors (Lipinski definition) is 1. The number of allylic oxidation sites excluding steroid dienone is 7. The van der Waals surface area contributed by atoms with Gasteiger partial charge >= 0.3 is 0 Å². The second-order valence-corrected chi connectivity index (χ2v) is 13.1. The van der Waals surface area contributed by atoms with Crippen LogP contribution in [-0.2, 0) is 25.6 Å². The lowest BCUT2D eigenvalue weighted by Crippen LogP contribution is -2.39. The Bertz CT molecular complexity index is 2100. The third kappa shape index (κ3) is 5.32. The summed E-state index contributed by atoms with van der Waals surface area (Å²) >= 11 is 0. The summed E-state index contributed by atoms with van der Waals surface area (Å²) in [7, 11) is 3.21. The summed E-state index contributed by atoms with van der Waals surface area (Å²) in [6.07, 6.45) is 9.74. The number of carbonyl (C=O) groups is 4. The Hall–Kier alpha value is -5.76. The van der Waals surface area contributed by atoms with Crippen LogP contribution in [0.25, 0.3) is 12.2 Å². The van der Waals surface area contributed by atoms with Gasteiger partial charge < -0.3 is 14.6 Å². The largest absolute Gasteiger partial charge is 0.507 e. The lowest BCUT2D eigenvalue weighted by atomic mass is 9.59. The van der Waals surface area contributed by atoms with E-state index in [2.05, 4.69) is 6.58 Å². The summed E-state index contributed by atoms with van der Waals surface area (Å²) < 4.78 is 10.8. The van der Waals surface area contributed by atoms with Gasteiger partial charge in [0, 0.05) is 33.8 Å². The summed E-state index contributed by atoms with van der Waals surface area (Å²) in [6.45, 7) is 5.42. The van der Waals surface area contributed by atoms with Gasteiger partial charge in [-0.15, -0.1) is 6.58 Å². The molecular weight excluding hydrogens is 630 g/mol. The van der Waals surface area contributed by atoms with Crippen molar-refractivity contribution in [3.05, 3.63) is 130 Å². The van der Waals surface area contributed by atoms with E-state index in [9.17, 15) is 24.3 Å². The number of rotatable bonds is 8. The predicted octanol–water partition coefficient (Wildman–Crippen LogP) is 6.94. The van der Waals surface area contributed by atoms with Gasteiger partial charge in [0.15, 0.2) is 11.6 Å². The number of ketones is 2. The second kappa shape index (κ2) is 12.9. The molecule has 0 saturated carbocycles. The fourth-order valence-corrected chi connectivity index (χ4v) is 8.05. The molecule has 0 unspecified atom stereocenters. The maximum atomic E-state index is 14.4. The molecule has 4 atom stereocenters. The number of amides is 2. The molecule has 1 fully saturated rings. The first-order chi connectivity index (χ1) is 24.2. The van der Waals surface area contributed by atoms with E-state index in [0.717, 1.165) is 16.7 Å². The molecule has 0 radical (unpaired) electrons. The van der Waals surface area contributed by atoms with Crippen LogP contribution in [0.4, 0.5) is 5.69 Å². The Morgan fingerprint density at radius 1 is 0.940 bits per heavy atom. The van der Waals surface area contributed by atoms with E-state index < -0.39 is 23.7 Å². The minimum atomic E-state index is -0.721. The molecule has 3 aliphatic carbocycles. The minimum absolute atomic E-state index is 0.0360. The van der Waals surface area contributed by atoms with Gasteiger partial charge in [0.1, 0.15) is 17.2 Å². The van der Waals surface area contributed by atoms with Crippen LogP contribution in [-0.4, -0.2) is 42.7 Å². The fraction of sp³-hybridized carbons (Fsp3) is 0.238. The number of anilines is 1. The van der Waals surface area contributed by atoms with Crippen LogP contribution in [0.15, 0.2) is 108 Å². The third-order valence-electron chi connectivity index (χ3n) is 10.4. The van der Waals surface area contributed by atoms with Crippen molar-refractivity contribution in [1.29, 1.82) is 0 Å². The number of benzene rings is 3. The number of methoxy groups -OCH3 is 2. The van der Waals surface area contributed by atoms with Crippen LogP contribution in [0.1, 0.15) is 47.9 Å². The van der Waals surface area contributed by atoms with Crippen molar-refractivity contribution >= 4 is 41.2 Å². The normalized spacial score (nSPS) is 23.0. The number of phenols is 1. The van der Waals surface area contributed by atoms with E-state index >= 15 is 0 Å². The first-order valence-corrected chi connectivity index (χ1v) is 16.7. The number of fused-ring (bicyclic) bond motifs is 3. The van der Waals surface area contributed by atoms with Gasteiger partial charge in [-0.3, -0.25) is 24.1 Å². The van der Waals surface area contributed by atoms with Crippen molar-refractivity contribution < 1.29 is 33.8 Å². The molecule has 1 aliphatic heterocycles. The molecule has 3 aromatic rings. The summed E-state index contributed by atoms with van der Waals surface area (Å²) in [6, 6.07) is 18.1. The quantitative estimate of drug-likeness (QED) is 0.120. The number of imide groups is 1. The van der Waals surface area contributed by atoms with Crippen molar-refractivity contribution in [1.82, 2.24) is 0 Å². The Balaban J connectivity index is 1.22. The zero-order chi connectivity index (χ0) is 35.3. The Morgan fingerprint density at radius 3 is 2.44 bits per heavy atom. The van der Waals surface area contributed by atoms with E-state index in [1.54, 1.807) is 51.5 Å². The molecule has 7 rings (SSSR count). The topological polar surface area (TPSA) is 110 Å². The highest BCUT2D eigenvalue weighted by Crippen LogP contribution is 2.56. The lowest BCUT2D eigenvalue weighted by Gasteiger charge is -2.42. The van der Waals surface area contributed by atoms with Gasteiger partial charge in [0.05, 0.1) is 31.7 Å². The summed E-state index contributed by atoms with van der Waals surface area (Å²) in [5, 5.41) is 11.4. The van der Waals surface area contributed by atoms with Gasteiger partial charge in [-0.25, -0.2) is 0 Å². The molecule has 8 nitrogen and oxygen atoms in total. The zero-order valence-electron chi connectivity index (χ0n) is 28.1. The van der Waals surface area contributed by atoms with Gasteiger partial charge in [0.25, 0.3) is 0 Å². The van der Waals surface area contributed by atoms with E-state index in [1.165, 1.54) is 11.0 Å². The number of phenolic OH excluding ortho intramolecular Hbond substituents is 1. The van der Waals surface area contributed by atoms with Crippen LogP contribution in [0.3, 0.4) is 0 Å². The Kier molecular flexibility index (Phi) is 8.48. The molecule has 252 valence electrons. The fourth-order valence-electron chi connectivity index (χ4n) is 8.05. The number of aromatic hydroxyl groups is 1. The summed E-state index contributed by atoms with van der Waals surface area (Å²) in [5.41, 5.74) is 5.15. The van der Waals surface area contributed by atoms with Crippen molar-refractivity contribution in [2.24, 2.45) is 17.8 Å². The van der Waals surface area contributed by atoms with Gasteiger partial charge in [0.2, 0.25) is 11.8 Å². The molecule has 0 aromatic heterocycles. The van der Waals surface area contributed by atoms with Crippen LogP contribution in [0.5, 0.6) is 17.2 Å². The highest BCUT2D eigenvalue weighted by Gasteiger charge is 2.56. The Labute approximate surface area is 290 Å². The number of ether oxygens (including phenoxy) is 2. The summed E-state index contributed by atoms with van der Waals surface area (Å²) in [5.74, 6) is -2.23. The average Bonchev–Trinajstić information content (AvgIpc) is 3.39. The van der Waals surface area contributed by atoms with Crippen LogP contribution in [0, 0.1) is 17.8 Å². The molecule has 50 heavy (non-hydrogen) atoms. The molecule has 1 heterocycles. The Morgan fingerprint density at radius 2 is 1.72 bits per heavy atom. The van der Waals surface area contributed by atoms with Crippen molar-refractivity contribution in [3.8, 4) is 17.2 Å². The standard InChI is InChI=1S/C42H37NO7/c1-5-7-25-8-6-9-30(40(25)46)36-29-17-18-31-37(32(29)22-33-38(36)34(44)20-23(2)39(33)45)42(48)43(41(31)47)27-14-11-24(12-15-27)10-13-26-21-28(49-3)16-19-35(26)50-4/h5-6,8-17,19-21,31-32,36-37,46H,1,7,18,22H2,2-4H3/t31-,32+,36+,37-/m0/s1. The molecule has 1 saturated heterocycles. The van der Waals surface area contributed by atoms with Crippen LogP contribution < -0.4 is 14.4 Å². The van der Waals surface area contributed by atoms with Crippen molar-refractivity contribution in [2.75, 3.05) is 19.1 Å². The summed E-state index contributed by atoms with van der Waals surface area (Å²) in [4.78, 5) is 56.8. The number of hydrogen-bond acceptors (Lipinski definition) is 7. The molecule has 0 bridgehead atoms. The predicted molar refractivity (Wildman–Crippen MR) is 191 cm³/mol. The number of carbonyl (C=O) groups excluding carboxylic acids is 4. The maximum Gasteiger partial charge on any atom is 0.238 e. The number of Topliss-reactive ketones (excluding diaryl/α,β-unsaturated/α-hetero) is 1. The lowest BCUT2D eigenvalue weighted by molar-refractivity contribution is -0.123. The highest BCUT2D eigenvalue weighted by atomic mass is 16.5. The number of nitrogens with zero attached hydrogens (tertiary/aromatic N) is 1. The first kappa shape index (κ1) is 32.8. The van der Waals surface area contributed by atoms with Crippen molar-refractivity contribution in [3.63, 3.8) is 0 Å². The molecule has 8 heteroatoms. The molecule has 3 aromatic carbocycles. The number of para-hydroxylation sites is 1. The second-order valence-electron chi connectivity index (χ2n) is 13.1. The molecular formula is C42H37NO7. The molecule has 4 aliphatic rings. The maximum absolute atomic E-state index is 14.4. The highest BCUT2D eigenvalue weighted by molar-refractivity contribution is 6.25. The smallest absolute Gasteiger partial charge is 0.238 e. The first-order valence-electron chi connectivity index (χ1n) is 16.7. The third-order valence-corrected chi connectivity index (χ3v) is 10.4. The van der Waals surface area contributed by atoms with E-state index in [1.807, 2.05) is 54.6 Å². The van der Waals surface area contributed by atoms with E-state index in [-0.39, 0.29) is 35.6 Å². The monoisotopic (exact) mass is 667 g/mol. The van der Waals surface area contributed by atoms with Gasteiger partial charge in [-0.1, -0.05) is 60.2 Å². The molecule has 1 N–H and O–H groups in total. The minimum Gasteiger partial charge on any atom is -0.507 e. The van der Waals surface area contributed by atoms with Gasteiger partial charge in [-0.05, 0) is 79.6 Å².